The van der Waals surface area contributed by atoms with Crippen LogP contribution in [-0.2, 0) is 0 Å². The fourth-order valence-electron chi connectivity index (χ4n) is 2.09. The number of nitrogens with two attached hydrogens (primary N) is 1. The molecule has 0 saturated carbocycles. The predicted octanol–water partition coefficient (Wildman–Crippen LogP) is 3.98. The lowest BCUT2D eigenvalue weighted by Gasteiger charge is -2.18. The summed E-state index contributed by atoms with van der Waals surface area (Å²) in [6.07, 6.45) is 0. The van der Waals surface area contributed by atoms with Gasteiger partial charge in [0.05, 0.1) is 13.2 Å². The van der Waals surface area contributed by atoms with Crippen LogP contribution in [0.25, 0.3) is 0 Å². The number of benzene rings is 2. The highest BCUT2D eigenvalue weighted by atomic mass is 35.5. The van der Waals surface area contributed by atoms with Crippen molar-refractivity contribution in [3.05, 3.63) is 63.7 Å². The van der Waals surface area contributed by atoms with E-state index < -0.39 is 17.7 Å². The van der Waals surface area contributed by atoms with E-state index in [1.807, 2.05) is 0 Å². The number of halogens is 3. The largest absolute Gasteiger partial charge is 0.497 e. The van der Waals surface area contributed by atoms with Gasteiger partial charge in [-0.25, -0.2) is 8.78 Å². The van der Waals surface area contributed by atoms with Gasteiger partial charge in [-0.3, -0.25) is 0 Å². The molecule has 5 heteroatoms. The van der Waals surface area contributed by atoms with Gasteiger partial charge in [0.25, 0.3) is 0 Å². The summed E-state index contributed by atoms with van der Waals surface area (Å²) in [5.41, 5.74) is 7.09. The zero-order chi connectivity index (χ0) is 14.9. The molecule has 0 saturated heterocycles. The summed E-state index contributed by atoms with van der Waals surface area (Å²) < 4.78 is 32.9. The summed E-state index contributed by atoms with van der Waals surface area (Å²) in [5.74, 6) is -1.37. The fourth-order valence-corrected chi connectivity index (χ4v) is 2.27. The average molecular weight is 298 g/mol. The van der Waals surface area contributed by atoms with Gasteiger partial charge >= 0.3 is 0 Å². The van der Waals surface area contributed by atoms with Crippen LogP contribution in [0.1, 0.15) is 22.7 Å². The van der Waals surface area contributed by atoms with Crippen LogP contribution in [0.5, 0.6) is 5.75 Å². The van der Waals surface area contributed by atoms with Gasteiger partial charge in [0.15, 0.2) is 0 Å². The minimum atomic E-state index is -0.931. The third kappa shape index (κ3) is 2.62. The number of hydrogen-bond acceptors (Lipinski definition) is 2. The molecule has 0 heterocycles. The summed E-state index contributed by atoms with van der Waals surface area (Å²) in [6.45, 7) is 1.76. The molecule has 2 aromatic rings. The van der Waals surface area contributed by atoms with Gasteiger partial charge in [-0.2, -0.15) is 0 Å². The van der Waals surface area contributed by atoms with Crippen LogP contribution in [0.15, 0.2) is 30.3 Å². The molecule has 2 rings (SSSR count). The van der Waals surface area contributed by atoms with Crippen LogP contribution in [0, 0.1) is 18.6 Å². The molecule has 0 aromatic heterocycles. The van der Waals surface area contributed by atoms with Crippen LogP contribution < -0.4 is 10.5 Å². The van der Waals surface area contributed by atoms with Crippen LogP contribution in [0.4, 0.5) is 8.78 Å². The number of rotatable bonds is 3. The molecule has 2 nitrogen and oxygen atoms in total. The Labute approximate surface area is 121 Å². The maximum Gasteiger partial charge on any atom is 0.134 e. The molecule has 0 spiro atoms. The zero-order valence-electron chi connectivity index (χ0n) is 11.1. The quantitative estimate of drug-likeness (QED) is 0.930. The highest BCUT2D eigenvalue weighted by Crippen LogP contribution is 2.31. The third-order valence-electron chi connectivity index (χ3n) is 3.24. The summed E-state index contributed by atoms with van der Waals surface area (Å²) in [4.78, 5) is 0. The van der Waals surface area contributed by atoms with Crippen LogP contribution in [-0.4, -0.2) is 7.11 Å². The van der Waals surface area contributed by atoms with Gasteiger partial charge in [0.2, 0.25) is 0 Å². The number of methoxy groups -OCH3 is 1. The molecule has 0 fully saturated rings. The van der Waals surface area contributed by atoms with Gasteiger partial charge in [0, 0.05) is 22.7 Å². The average Bonchev–Trinajstić information content (AvgIpc) is 2.40. The molecule has 0 aliphatic heterocycles. The van der Waals surface area contributed by atoms with Crippen molar-refractivity contribution in [3.8, 4) is 5.75 Å². The molecular formula is C15H14ClF2NO. The maximum atomic E-state index is 14.0. The van der Waals surface area contributed by atoms with Crippen molar-refractivity contribution in [1.29, 1.82) is 0 Å². The molecule has 0 aliphatic carbocycles. The minimum absolute atomic E-state index is 0.110. The van der Waals surface area contributed by atoms with Crippen LogP contribution in [0.2, 0.25) is 5.02 Å². The standard InChI is InChI=1S/C15H14ClF2NO/c1-8-10(4-3-5-11(8)16)15(19)14-12(17)6-9(20-2)7-13(14)18/h3-7,15H,19H2,1-2H3. The second-order valence-electron chi connectivity index (χ2n) is 4.44. The van der Waals surface area contributed by atoms with Crippen molar-refractivity contribution >= 4 is 11.6 Å². The minimum Gasteiger partial charge on any atom is -0.497 e. The maximum absolute atomic E-state index is 14.0. The molecule has 1 unspecified atom stereocenters. The van der Waals surface area contributed by atoms with Crippen molar-refractivity contribution in [2.75, 3.05) is 7.11 Å². The fraction of sp³-hybridized carbons (Fsp3) is 0.200. The van der Waals surface area contributed by atoms with Crippen molar-refractivity contribution in [2.24, 2.45) is 5.73 Å². The van der Waals surface area contributed by atoms with Crippen molar-refractivity contribution < 1.29 is 13.5 Å². The Hall–Kier alpha value is -1.65. The van der Waals surface area contributed by atoms with Gasteiger partial charge in [0.1, 0.15) is 17.4 Å². The molecule has 1 atom stereocenters. The smallest absolute Gasteiger partial charge is 0.134 e. The first-order valence-electron chi connectivity index (χ1n) is 5.99. The first-order chi connectivity index (χ1) is 9.45. The molecule has 2 N–H and O–H groups in total. The Bertz CT molecular complexity index is 623. The van der Waals surface area contributed by atoms with Crippen molar-refractivity contribution in [1.82, 2.24) is 0 Å². The highest BCUT2D eigenvalue weighted by molar-refractivity contribution is 6.31. The normalized spacial score (nSPS) is 12.3. The second kappa shape index (κ2) is 5.77. The van der Waals surface area contributed by atoms with E-state index in [9.17, 15) is 8.78 Å². The summed E-state index contributed by atoms with van der Waals surface area (Å²) >= 11 is 6.01. The molecule has 2 aromatic carbocycles. The molecular weight excluding hydrogens is 284 g/mol. The van der Waals surface area contributed by atoms with Gasteiger partial charge in [-0.05, 0) is 24.1 Å². The van der Waals surface area contributed by atoms with Crippen LogP contribution in [0.3, 0.4) is 0 Å². The molecule has 0 radical (unpaired) electrons. The lowest BCUT2D eigenvalue weighted by atomic mass is 9.95. The first kappa shape index (κ1) is 14.8. The van der Waals surface area contributed by atoms with Crippen molar-refractivity contribution in [2.45, 2.75) is 13.0 Å². The molecule has 0 aliphatic rings. The van der Waals surface area contributed by atoms with E-state index in [-0.39, 0.29) is 11.3 Å². The number of hydrogen-bond donors (Lipinski definition) is 1. The Morgan fingerprint density at radius 2 is 1.80 bits per heavy atom. The molecule has 106 valence electrons. The van der Waals surface area contributed by atoms with E-state index in [1.54, 1.807) is 25.1 Å². The van der Waals surface area contributed by atoms with Gasteiger partial charge in [-0.15, -0.1) is 0 Å². The van der Waals surface area contributed by atoms with E-state index in [1.165, 1.54) is 7.11 Å². The lowest BCUT2D eigenvalue weighted by Crippen LogP contribution is -2.17. The van der Waals surface area contributed by atoms with E-state index in [0.717, 1.165) is 12.1 Å². The zero-order valence-corrected chi connectivity index (χ0v) is 11.8. The third-order valence-corrected chi connectivity index (χ3v) is 3.65. The van der Waals surface area contributed by atoms with Crippen LogP contribution >= 0.6 is 11.6 Å². The predicted molar refractivity (Wildman–Crippen MR) is 75.1 cm³/mol. The van der Waals surface area contributed by atoms with E-state index in [0.29, 0.717) is 16.1 Å². The lowest BCUT2D eigenvalue weighted by molar-refractivity contribution is 0.404. The van der Waals surface area contributed by atoms with Gasteiger partial charge < -0.3 is 10.5 Å². The Morgan fingerprint density at radius 1 is 1.20 bits per heavy atom. The molecule has 20 heavy (non-hydrogen) atoms. The monoisotopic (exact) mass is 297 g/mol. The Balaban J connectivity index is 2.54. The topological polar surface area (TPSA) is 35.2 Å². The summed E-state index contributed by atoms with van der Waals surface area (Å²) in [5, 5.41) is 0.507. The summed E-state index contributed by atoms with van der Waals surface area (Å²) in [7, 11) is 1.34. The van der Waals surface area contributed by atoms with E-state index >= 15 is 0 Å². The van der Waals surface area contributed by atoms with E-state index in [4.69, 9.17) is 22.1 Å². The SMILES string of the molecule is COc1cc(F)c(C(N)c2cccc(Cl)c2C)c(F)c1. The Morgan fingerprint density at radius 3 is 2.35 bits per heavy atom. The highest BCUT2D eigenvalue weighted by Gasteiger charge is 2.21. The van der Waals surface area contributed by atoms with Gasteiger partial charge in [-0.1, -0.05) is 23.7 Å². The number of ether oxygens (including phenoxy) is 1. The van der Waals surface area contributed by atoms with Crippen molar-refractivity contribution in [3.63, 3.8) is 0 Å². The molecule has 0 amide bonds. The Kier molecular flexibility index (Phi) is 4.26. The first-order valence-corrected chi connectivity index (χ1v) is 6.37. The van der Waals surface area contributed by atoms with E-state index in [2.05, 4.69) is 0 Å². The summed E-state index contributed by atoms with van der Waals surface area (Å²) in [6, 6.07) is 6.39. The molecule has 0 bridgehead atoms. The second-order valence-corrected chi connectivity index (χ2v) is 4.84.